The highest BCUT2D eigenvalue weighted by atomic mass is 15.2. The van der Waals surface area contributed by atoms with E-state index in [0.29, 0.717) is 12.2 Å². The Hall–Kier alpha value is -5.09. The second-order valence-corrected chi connectivity index (χ2v) is 11.5. The molecule has 0 amide bonds. The zero-order chi connectivity index (χ0) is 27.7. The van der Waals surface area contributed by atoms with Gasteiger partial charge in [-0.2, -0.15) is 0 Å². The van der Waals surface area contributed by atoms with E-state index < -0.39 is 0 Å². The van der Waals surface area contributed by atoms with Crippen molar-refractivity contribution in [2.24, 2.45) is 4.99 Å². The summed E-state index contributed by atoms with van der Waals surface area (Å²) in [5, 5.41) is 1.01. The van der Waals surface area contributed by atoms with E-state index in [1.54, 1.807) is 0 Å². The highest BCUT2D eigenvalue weighted by Gasteiger charge is 2.36. The van der Waals surface area contributed by atoms with E-state index in [0.717, 1.165) is 33.7 Å². The molecule has 6 aromatic rings. The maximum absolute atomic E-state index is 6.81. The van der Waals surface area contributed by atoms with Gasteiger partial charge in [-0.25, -0.2) is 4.99 Å². The van der Waals surface area contributed by atoms with Crippen LogP contribution in [0.1, 0.15) is 30.5 Å². The first-order valence-corrected chi connectivity index (χ1v) is 14.2. The number of nitrogens with zero attached hydrogens (tertiary/aromatic N) is 3. The summed E-state index contributed by atoms with van der Waals surface area (Å²) in [5.74, 6) is 0.773. The van der Waals surface area contributed by atoms with Gasteiger partial charge in [0.05, 0.1) is 29.1 Å². The van der Waals surface area contributed by atoms with Crippen LogP contribution in [0.5, 0.6) is 0 Å². The van der Waals surface area contributed by atoms with Crippen molar-refractivity contribution in [2.45, 2.75) is 19.3 Å². The molecule has 0 radical (unpaired) electrons. The monoisotopic (exact) mass is 530 g/mol. The van der Waals surface area contributed by atoms with Gasteiger partial charge in [-0.15, -0.1) is 0 Å². The molecule has 0 saturated heterocycles. The predicted octanol–water partition coefficient (Wildman–Crippen LogP) is 8.79. The molecule has 4 nitrogen and oxygen atoms in total. The largest absolute Gasteiger partial charge is 0.395 e. The number of aromatic nitrogens is 1. The average Bonchev–Trinajstić information content (AvgIpc) is 3.60. The predicted molar refractivity (Wildman–Crippen MR) is 171 cm³/mol. The molecule has 198 valence electrons. The molecule has 1 aliphatic carbocycles. The number of nitrogens with two attached hydrogens (primary N) is 1. The van der Waals surface area contributed by atoms with Crippen LogP contribution in [0.4, 0.5) is 22.9 Å². The van der Waals surface area contributed by atoms with Gasteiger partial charge < -0.3 is 10.6 Å². The van der Waals surface area contributed by atoms with Crippen LogP contribution in [0.3, 0.4) is 0 Å². The van der Waals surface area contributed by atoms with E-state index in [4.69, 9.17) is 10.7 Å². The van der Waals surface area contributed by atoms with Crippen LogP contribution in [0, 0.1) is 0 Å². The summed E-state index contributed by atoms with van der Waals surface area (Å²) >= 11 is 0. The lowest BCUT2D eigenvalue weighted by molar-refractivity contribution is 0.660. The number of fused-ring (bicyclic) bond motifs is 5. The van der Waals surface area contributed by atoms with Gasteiger partial charge in [0.25, 0.3) is 0 Å². The molecule has 2 N–H and O–H groups in total. The fourth-order valence-electron chi connectivity index (χ4n) is 6.79. The van der Waals surface area contributed by atoms with Crippen molar-refractivity contribution in [1.82, 2.24) is 4.57 Å². The molecule has 41 heavy (non-hydrogen) atoms. The minimum absolute atomic E-state index is 0.0524. The lowest BCUT2D eigenvalue weighted by Gasteiger charge is -2.24. The van der Waals surface area contributed by atoms with Crippen molar-refractivity contribution in [3.05, 3.63) is 138 Å². The Kier molecular flexibility index (Phi) is 5.05. The Morgan fingerprint density at radius 2 is 1.34 bits per heavy atom. The first-order valence-electron chi connectivity index (χ1n) is 14.2. The van der Waals surface area contributed by atoms with E-state index in [1.165, 1.54) is 33.6 Å². The highest BCUT2D eigenvalue weighted by molar-refractivity contribution is 6.15. The van der Waals surface area contributed by atoms with Crippen molar-refractivity contribution in [3.8, 4) is 16.8 Å². The fraction of sp³-hybridized carbons (Fsp3) is 0.108. The van der Waals surface area contributed by atoms with Crippen LogP contribution in [-0.2, 0) is 5.41 Å². The number of rotatable bonds is 3. The quantitative estimate of drug-likeness (QED) is 0.249. The fourth-order valence-corrected chi connectivity index (χ4v) is 6.79. The van der Waals surface area contributed by atoms with Crippen LogP contribution in [0.15, 0.2) is 126 Å². The molecule has 0 fully saturated rings. The van der Waals surface area contributed by atoms with Crippen LogP contribution in [0.2, 0.25) is 0 Å². The molecule has 0 atom stereocenters. The molecule has 0 spiro atoms. The summed E-state index contributed by atoms with van der Waals surface area (Å²) in [6.07, 6.45) is 0. The summed E-state index contributed by atoms with van der Waals surface area (Å²) in [4.78, 5) is 7.72. The Labute approximate surface area is 240 Å². The van der Waals surface area contributed by atoms with Gasteiger partial charge in [-0.3, -0.25) is 4.57 Å². The third-order valence-corrected chi connectivity index (χ3v) is 8.84. The molecule has 8 rings (SSSR count). The summed E-state index contributed by atoms with van der Waals surface area (Å²) in [6, 6.07) is 42.9. The van der Waals surface area contributed by atoms with Crippen LogP contribution < -0.4 is 10.6 Å². The molecular weight excluding hydrogens is 500 g/mol. The van der Waals surface area contributed by atoms with E-state index in [1.807, 2.05) is 12.1 Å². The van der Waals surface area contributed by atoms with E-state index >= 15 is 0 Å². The van der Waals surface area contributed by atoms with Crippen molar-refractivity contribution in [1.29, 1.82) is 0 Å². The summed E-state index contributed by atoms with van der Waals surface area (Å²) in [7, 11) is 0. The Bertz CT molecular complexity index is 2010. The smallest absolute Gasteiger partial charge is 0.161 e. The third-order valence-electron chi connectivity index (χ3n) is 8.84. The minimum Gasteiger partial charge on any atom is -0.395 e. The maximum Gasteiger partial charge on any atom is 0.161 e. The van der Waals surface area contributed by atoms with Gasteiger partial charge in [-0.05, 0) is 58.7 Å². The first kappa shape index (κ1) is 23.8. The molecule has 1 aliphatic heterocycles. The number of aliphatic imine (C=N–C) groups is 1. The molecule has 4 heteroatoms. The molecule has 5 aromatic carbocycles. The molecular formula is C37H30N4. The van der Waals surface area contributed by atoms with Gasteiger partial charge >= 0.3 is 0 Å². The average molecular weight is 531 g/mol. The zero-order valence-corrected chi connectivity index (χ0v) is 23.2. The minimum atomic E-state index is -0.0524. The number of para-hydroxylation sites is 3. The summed E-state index contributed by atoms with van der Waals surface area (Å²) in [5.41, 5.74) is 19.5. The van der Waals surface area contributed by atoms with Gasteiger partial charge in [0.15, 0.2) is 5.82 Å². The van der Waals surface area contributed by atoms with Gasteiger partial charge in [0, 0.05) is 27.7 Å². The normalized spacial score (nSPS) is 15.8. The second-order valence-electron chi connectivity index (χ2n) is 11.5. The Morgan fingerprint density at radius 3 is 2.20 bits per heavy atom. The molecule has 2 heterocycles. The third kappa shape index (κ3) is 3.44. The lowest BCUT2D eigenvalue weighted by atomic mass is 9.82. The van der Waals surface area contributed by atoms with Gasteiger partial charge in [0.2, 0.25) is 0 Å². The maximum atomic E-state index is 6.81. The number of hydrogen-bond acceptors (Lipinski definition) is 3. The van der Waals surface area contributed by atoms with Crippen molar-refractivity contribution >= 4 is 39.5 Å². The Morgan fingerprint density at radius 1 is 0.659 bits per heavy atom. The zero-order valence-electron chi connectivity index (χ0n) is 23.2. The number of nitrogen functional groups attached to an aromatic ring is 1. The summed E-state index contributed by atoms with van der Waals surface area (Å²) < 4.78 is 2.18. The first-order chi connectivity index (χ1) is 20.0. The standard InChI is InChI=1S/C37H30N4/c1-37(2)30-17-9-6-14-26(30)27-21-20-25(22-31(27)37)40-23-32(28-15-7-10-18-33(28)40)39-36-35(38)29-16-8-11-19-34(29)41(36)24-12-4-3-5-13-24/h3-22H,23,38H2,1-2H3/b39-32+. The topological polar surface area (TPSA) is 46.5 Å². The van der Waals surface area contributed by atoms with E-state index in [9.17, 15) is 0 Å². The molecule has 1 aromatic heterocycles. The SMILES string of the molecule is CC1(C)c2ccccc2-c2ccc(N3C/C(=N\c4c(N)c5ccccc5n4-c4ccccc4)c4ccccc43)cc21. The van der Waals surface area contributed by atoms with Crippen LogP contribution >= 0.6 is 0 Å². The van der Waals surface area contributed by atoms with Gasteiger partial charge in [0.1, 0.15) is 0 Å². The van der Waals surface area contributed by atoms with Crippen molar-refractivity contribution < 1.29 is 0 Å². The van der Waals surface area contributed by atoms with Crippen molar-refractivity contribution in [2.75, 3.05) is 17.2 Å². The molecule has 0 bridgehead atoms. The second kappa shape index (κ2) is 8.70. The van der Waals surface area contributed by atoms with Crippen LogP contribution in [0.25, 0.3) is 27.7 Å². The molecule has 0 saturated carbocycles. The highest BCUT2D eigenvalue weighted by Crippen LogP contribution is 2.50. The molecule has 0 unspecified atom stereocenters. The summed E-state index contributed by atoms with van der Waals surface area (Å²) in [6.45, 7) is 5.33. The number of hydrogen-bond donors (Lipinski definition) is 1. The number of anilines is 3. The number of benzene rings is 5. The van der Waals surface area contributed by atoms with E-state index in [2.05, 4.69) is 133 Å². The van der Waals surface area contributed by atoms with E-state index in [-0.39, 0.29) is 5.41 Å². The van der Waals surface area contributed by atoms with Crippen LogP contribution in [-0.4, -0.2) is 16.8 Å². The molecule has 2 aliphatic rings. The van der Waals surface area contributed by atoms with Gasteiger partial charge in [-0.1, -0.05) is 98.8 Å². The van der Waals surface area contributed by atoms with Crippen molar-refractivity contribution in [3.63, 3.8) is 0 Å². The lowest BCUT2D eigenvalue weighted by Crippen LogP contribution is -2.19. The Balaban J connectivity index is 1.27.